The summed E-state index contributed by atoms with van der Waals surface area (Å²) in [7, 11) is 1.58. The van der Waals surface area contributed by atoms with E-state index in [2.05, 4.69) is 15.6 Å². The van der Waals surface area contributed by atoms with Crippen molar-refractivity contribution in [3.05, 3.63) is 40.9 Å². The van der Waals surface area contributed by atoms with Crippen LogP contribution in [0.3, 0.4) is 0 Å². The number of hydrogen-bond donors (Lipinski definition) is 2. The molecule has 0 spiro atoms. The number of amides is 2. The zero-order chi connectivity index (χ0) is 20.0. The quantitative estimate of drug-likeness (QED) is 0.776. The summed E-state index contributed by atoms with van der Waals surface area (Å²) in [5.74, 6) is 2.65. The number of thiazole rings is 1. The summed E-state index contributed by atoms with van der Waals surface area (Å²) >= 11 is 1.27. The molecule has 6 nitrogen and oxygen atoms in total. The molecular formula is C22H25N3O3S. The van der Waals surface area contributed by atoms with Crippen LogP contribution in [0.25, 0.3) is 0 Å². The molecule has 0 aliphatic heterocycles. The van der Waals surface area contributed by atoms with E-state index in [-0.39, 0.29) is 17.4 Å². The fraction of sp³-hybridized carbons (Fsp3) is 0.500. The van der Waals surface area contributed by atoms with E-state index in [9.17, 15) is 9.59 Å². The highest BCUT2D eigenvalue weighted by atomic mass is 32.1. The van der Waals surface area contributed by atoms with Crippen LogP contribution in [0.5, 0.6) is 5.75 Å². The van der Waals surface area contributed by atoms with Crippen molar-refractivity contribution in [3.63, 3.8) is 0 Å². The Kier molecular flexibility index (Phi) is 4.57. The van der Waals surface area contributed by atoms with Crippen LogP contribution in [0.15, 0.2) is 29.6 Å². The topological polar surface area (TPSA) is 80.3 Å². The van der Waals surface area contributed by atoms with Crippen LogP contribution in [-0.4, -0.2) is 29.4 Å². The molecule has 2 aromatic rings. The number of aromatic nitrogens is 1. The molecule has 1 aromatic heterocycles. The lowest BCUT2D eigenvalue weighted by molar-refractivity contribution is -0.0167. The molecule has 4 saturated carbocycles. The Balaban J connectivity index is 1.24. The zero-order valence-electron chi connectivity index (χ0n) is 16.4. The lowest BCUT2D eigenvalue weighted by Crippen LogP contribution is -2.59. The van der Waals surface area contributed by atoms with Gasteiger partial charge in [-0.2, -0.15) is 0 Å². The molecule has 29 heavy (non-hydrogen) atoms. The Bertz CT molecular complexity index is 902. The van der Waals surface area contributed by atoms with Gasteiger partial charge in [0.1, 0.15) is 11.4 Å². The standard InChI is InChI=1S/C22H25N3O3S/c1-28-17-4-2-16(3-5-17)19(26)24-21-23-18(12-29-21)20(27)25-22-9-13-6-14(10-22)8-15(7-13)11-22/h2-5,12-15H,6-11H2,1H3,(H,25,27)(H,23,24,26). The third-order valence-corrected chi connectivity index (χ3v) is 7.48. The molecule has 0 unspecified atom stereocenters. The van der Waals surface area contributed by atoms with Gasteiger partial charge in [0, 0.05) is 16.5 Å². The van der Waals surface area contributed by atoms with Gasteiger partial charge in [0.25, 0.3) is 11.8 Å². The summed E-state index contributed by atoms with van der Waals surface area (Å²) in [6, 6.07) is 6.87. The molecule has 1 heterocycles. The van der Waals surface area contributed by atoms with Crippen molar-refractivity contribution >= 4 is 28.3 Å². The third kappa shape index (κ3) is 3.64. The van der Waals surface area contributed by atoms with Crippen LogP contribution < -0.4 is 15.4 Å². The Hall–Kier alpha value is -2.41. The van der Waals surface area contributed by atoms with E-state index in [1.54, 1.807) is 36.8 Å². The second kappa shape index (κ2) is 7.13. The van der Waals surface area contributed by atoms with E-state index in [0.29, 0.717) is 22.1 Å². The maximum atomic E-state index is 12.9. The number of benzene rings is 1. The summed E-state index contributed by atoms with van der Waals surface area (Å²) < 4.78 is 5.11. The fourth-order valence-corrected chi connectivity index (χ4v) is 6.60. The third-order valence-electron chi connectivity index (χ3n) is 6.73. The van der Waals surface area contributed by atoms with Gasteiger partial charge < -0.3 is 10.1 Å². The minimum Gasteiger partial charge on any atom is -0.497 e. The molecule has 152 valence electrons. The summed E-state index contributed by atoms with van der Waals surface area (Å²) in [5.41, 5.74) is 0.860. The van der Waals surface area contributed by atoms with Gasteiger partial charge in [-0.1, -0.05) is 0 Å². The summed E-state index contributed by atoms with van der Waals surface area (Å²) in [6.07, 6.45) is 7.34. The van der Waals surface area contributed by atoms with Crippen LogP contribution in [0, 0.1) is 17.8 Å². The number of methoxy groups -OCH3 is 1. The first kappa shape index (κ1) is 18.6. The Labute approximate surface area is 174 Å². The molecule has 0 atom stereocenters. The van der Waals surface area contributed by atoms with Gasteiger partial charge in [0.05, 0.1) is 7.11 Å². The average Bonchev–Trinajstić information content (AvgIpc) is 3.15. The lowest BCUT2D eigenvalue weighted by atomic mass is 9.53. The number of anilines is 1. The SMILES string of the molecule is COc1ccc(C(=O)Nc2nc(C(=O)NC34CC5CC(CC(C5)C3)C4)cs2)cc1. The molecule has 1 aromatic carbocycles. The van der Waals surface area contributed by atoms with Crippen LogP contribution in [0.2, 0.25) is 0 Å². The summed E-state index contributed by atoms with van der Waals surface area (Å²) in [4.78, 5) is 29.6. The maximum absolute atomic E-state index is 12.9. The van der Waals surface area contributed by atoms with Crippen LogP contribution in [-0.2, 0) is 0 Å². The minimum absolute atomic E-state index is 0.0397. The second-order valence-corrected chi connectivity index (χ2v) is 9.73. The van der Waals surface area contributed by atoms with Gasteiger partial charge >= 0.3 is 0 Å². The number of carbonyl (C=O) groups excluding carboxylic acids is 2. The lowest BCUT2D eigenvalue weighted by Gasteiger charge is -2.56. The molecule has 4 fully saturated rings. The van der Waals surface area contributed by atoms with E-state index in [4.69, 9.17) is 4.74 Å². The highest BCUT2D eigenvalue weighted by Crippen LogP contribution is 2.55. The van der Waals surface area contributed by atoms with Gasteiger partial charge in [0.15, 0.2) is 5.13 Å². The smallest absolute Gasteiger partial charge is 0.271 e. The van der Waals surface area contributed by atoms with E-state index in [1.165, 1.54) is 30.6 Å². The van der Waals surface area contributed by atoms with Crippen molar-refractivity contribution in [2.24, 2.45) is 17.8 Å². The average molecular weight is 412 g/mol. The van der Waals surface area contributed by atoms with Crippen LogP contribution in [0.1, 0.15) is 59.4 Å². The summed E-state index contributed by atoms with van der Waals surface area (Å²) in [6.45, 7) is 0. The van der Waals surface area contributed by atoms with Crippen molar-refractivity contribution in [1.29, 1.82) is 0 Å². The highest BCUT2D eigenvalue weighted by molar-refractivity contribution is 7.14. The molecule has 7 heteroatoms. The van der Waals surface area contributed by atoms with Crippen molar-refractivity contribution in [2.45, 2.75) is 44.1 Å². The van der Waals surface area contributed by atoms with Gasteiger partial charge in [-0.25, -0.2) is 4.98 Å². The van der Waals surface area contributed by atoms with E-state index in [0.717, 1.165) is 37.0 Å². The van der Waals surface area contributed by atoms with E-state index >= 15 is 0 Å². The van der Waals surface area contributed by atoms with Crippen LogP contribution >= 0.6 is 11.3 Å². The number of nitrogens with zero attached hydrogens (tertiary/aromatic N) is 1. The number of carbonyl (C=O) groups is 2. The first-order chi connectivity index (χ1) is 14.0. The van der Waals surface area contributed by atoms with Crippen LogP contribution in [0.4, 0.5) is 5.13 Å². The number of hydrogen-bond acceptors (Lipinski definition) is 5. The predicted molar refractivity (Wildman–Crippen MR) is 111 cm³/mol. The minimum atomic E-state index is -0.255. The van der Waals surface area contributed by atoms with E-state index < -0.39 is 0 Å². The molecule has 0 saturated heterocycles. The van der Waals surface area contributed by atoms with E-state index in [1.807, 2.05) is 0 Å². The molecule has 2 amide bonds. The molecule has 2 N–H and O–H groups in total. The number of nitrogens with one attached hydrogen (secondary N) is 2. The van der Waals surface area contributed by atoms with Gasteiger partial charge in [-0.15, -0.1) is 11.3 Å². The Morgan fingerprint density at radius 1 is 1.03 bits per heavy atom. The normalized spacial score (nSPS) is 29.5. The molecule has 0 radical (unpaired) electrons. The van der Waals surface area contributed by atoms with Crippen molar-refractivity contribution in [1.82, 2.24) is 10.3 Å². The molecular weight excluding hydrogens is 386 g/mol. The Morgan fingerprint density at radius 3 is 2.24 bits per heavy atom. The predicted octanol–water partition coefficient (Wildman–Crippen LogP) is 4.10. The van der Waals surface area contributed by atoms with Crippen molar-refractivity contribution < 1.29 is 14.3 Å². The Morgan fingerprint density at radius 2 is 1.66 bits per heavy atom. The maximum Gasteiger partial charge on any atom is 0.271 e. The van der Waals surface area contributed by atoms with Crippen molar-refractivity contribution in [3.8, 4) is 5.75 Å². The first-order valence-corrected chi connectivity index (χ1v) is 11.1. The molecule has 4 aliphatic rings. The van der Waals surface area contributed by atoms with Gasteiger partial charge in [-0.3, -0.25) is 14.9 Å². The second-order valence-electron chi connectivity index (χ2n) is 8.87. The molecule has 6 rings (SSSR count). The molecule has 4 bridgehead atoms. The highest BCUT2D eigenvalue weighted by Gasteiger charge is 2.51. The monoisotopic (exact) mass is 411 g/mol. The van der Waals surface area contributed by atoms with Gasteiger partial charge in [0.2, 0.25) is 0 Å². The fourth-order valence-electron chi connectivity index (χ4n) is 5.92. The first-order valence-electron chi connectivity index (χ1n) is 10.3. The zero-order valence-corrected chi connectivity index (χ0v) is 17.3. The number of rotatable bonds is 5. The molecule has 4 aliphatic carbocycles. The largest absolute Gasteiger partial charge is 0.497 e. The van der Waals surface area contributed by atoms with Gasteiger partial charge in [-0.05, 0) is 80.5 Å². The summed E-state index contributed by atoms with van der Waals surface area (Å²) in [5, 5.41) is 8.26. The number of ether oxygens (including phenoxy) is 1. The van der Waals surface area contributed by atoms with Crippen molar-refractivity contribution in [2.75, 3.05) is 12.4 Å².